The highest BCUT2D eigenvalue weighted by molar-refractivity contribution is 9.10. The molecule has 0 aromatic carbocycles. The van der Waals surface area contributed by atoms with E-state index in [0.29, 0.717) is 10.3 Å². The zero-order valence-electron chi connectivity index (χ0n) is 13.5. The molecule has 0 saturated heterocycles. The number of nitrogens with one attached hydrogen (secondary N) is 1. The lowest BCUT2D eigenvalue weighted by molar-refractivity contribution is -0.144. The van der Waals surface area contributed by atoms with Gasteiger partial charge in [0.15, 0.2) is 0 Å². The van der Waals surface area contributed by atoms with E-state index in [4.69, 9.17) is 4.74 Å². The summed E-state index contributed by atoms with van der Waals surface area (Å²) < 4.78 is 6.57. The normalized spacial score (nSPS) is 10.7. The molecule has 0 aliphatic carbocycles. The van der Waals surface area contributed by atoms with Crippen LogP contribution in [-0.4, -0.2) is 43.2 Å². The molecule has 9 nitrogen and oxygen atoms in total. The van der Waals surface area contributed by atoms with Gasteiger partial charge in [-0.25, -0.2) is 19.6 Å². The standard InChI is InChI=1S/C14H17BrN6O3/c1-4-24-10(22)6-21-7-17-14(20-21)19-13(23)11-9(15)5-16-12(18-11)8(2)3/h5,7-8H,4,6H2,1-3H3,(H,19,20,23). The molecule has 0 atom stereocenters. The maximum Gasteiger partial charge on any atom is 0.327 e. The van der Waals surface area contributed by atoms with Crippen LogP contribution in [0.4, 0.5) is 5.95 Å². The molecule has 2 rings (SSSR count). The third-order valence-electron chi connectivity index (χ3n) is 2.85. The molecule has 0 unspecified atom stereocenters. The predicted octanol–water partition coefficient (Wildman–Crippen LogP) is 1.77. The van der Waals surface area contributed by atoms with Gasteiger partial charge in [0.1, 0.15) is 24.4 Å². The van der Waals surface area contributed by atoms with Crippen molar-refractivity contribution < 1.29 is 14.3 Å². The largest absolute Gasteiger partial charge is 0.465 e. The lowest BCUT2D eigenvalue weighted by atomic mass is 10.2. The van der Waals surface area contributed by atoms with Crippen molar-refractivity contribution in [3.63, 3.8) is 0 Å². The Morgan fingerprint density at radius 2 is 2.12 bits per heavy atom. The van der Waals surface area contributed by atoms with Gasteiger partial charge in [-0.2, -0.15) is 0 Å². The van der Waals surface area contributed by atoms with Crippen molar-refractivity contribution in [3.05, 3.63) is 28.5 Å². The zero-order valence-corrected chi connectivity index (χ0v) is 15.1. The minimum atomic E-state index is -0.472. The van der Waals surface area contributed by atoms with Crippen LogP contribution in [0.15, 0.2) is 17.0 Å². The molecule has 2 aromatic heterocycles. The summed E-state index contributed by atoms with van der Waals surface area (Å²) in [6.07, 6.45) is 2.87. The van der Waals surface area contributed by atoms with Gasteiger partial charge in [-0.1, -0.05) is 13.8 Å². The summed E-state index contributed by atoms with van der Waals surface area (Å²) in [6.45, 7) is 5.80. The monoisotopic (exact) mass is 396 g/mol. The van der Waals surface area contributed by atoms with E-state index in [9.17, 15) is 9.59 Å². The number of hydrogen-bond donors (Lipinski definition) is 1. The van der Waals surface area contributed by atoms with Gasteiger partial charge in [-0.3, -0.25) is 14.9 Å². The van der Waals surface area contributed by atoms with Gasteiger partial charge >= 0.3 is 5.97 Å². The average molecular weight is 397 g/mol. The molecule has 2 aromatic rings. The van der Waals surface area contributed by atoms with Crippen molar-refractivity contribution in [2.75, 3.05) is 11.9 Å². The molecule has 1 N–H and O–H groups in total. The van der Waals surface area contributed by atoms with Gasteiger partial charge < -0.3 is 4.74 Å². The maximum atomic E-state index is 12.3. The number of carbonyl (C=O) groups excluding carboxylic acids is 2. The van der Waals surface area contributed by atoms with Gasteiger partial charge in [0.2, 0.25) is 5.95 Å². The van der Waals surface area contributed by atoms with E-state index in [1.54, 1.807) is 6.92 Å². The van der Waals surface area contributed by atoms with Crippen LogP contribution in [0.1, 0.15) is 43.0 Å². The number of halogens is 1. The second-order valence-electron chi connectivity index (χ2n) is 5.10. The Balaban J connectivity index is 2.09. The summed E-state index contributed by atoms with van der Waals surface area (Å²) in [5.41, 5.74) is 0.190. The first-order valence-corrected chi connectivity index (χ1v) is 8.08. The van der Waals surface area contributed by atoms with Crippen molar-refractivity contribution in [2.24, 2.45) is 0 Å². The maximum absolute atomic E-state index is 12.3. The lowest BCUT2D eigenvalue weighted by Crippen LogP contribution is -2.18. The number of aromatic nitrogens is 5. The Kier molecular flexibility index (Phi) is 5.96. The highest BCUT2D eigenvalue weighted by Crippen LogP contribution is 2.17. The van der Waals surface area contributed by atoms with Crippen LogP contribution < -0.4 is 5.32 Å². The van der Waals surface area contributed by atoms with Crippen molar-refractivity contribution in [2.45, 2.75) is 33.2 Å². The topological polar surface area (TPSA) is 112 Å². The van der Waals surface area contributed by atoms with Crippen molar-refractivity contribution in [1.82, 2.24) is 24.7 Å². The van der Waals surface area contributed by atoms with Crippen LogP contribution in [0.25, 0.3) is 0 Å². The first-order valence-electron chi connectivity index (χ1n) is 7.29. The number of amides is 1. The molecule has 0 fully saturated rings. The number of hydrogen-bond acceptors (Lipinski definition) is 7. The van der Waals surface area contributed by atoms with E-state index in [-0.39, 0.29) is 30.7 Å². The van der Waals surface area contributed by atoms with E-state index < -0.39 is 11.9 Å². The van der Waals surface area contributed by atoms with Crippen molar-refractivity contribution in [1.29, 1.82) is 0 Å². The molecule has 128 valence electrons. The van der Waals surface area contributed by atoms with Gasteiger partial charge in [-0.05, 0) is 22.9 Å². The first kappa shape index (κ1) is 18.0. The lowest BCUT2D eigenvalue weighted by Gasteiger charge is -2.07. The molecule has 0 bridgehead atoms. The third-order valence-corrected chi connectivity index (χ3v) is 3.43. The molecular formula is C14H17BrN6O3. The summed E-state index contributed by atoms with van der Waals surface area (Å²) in [6, 6.07) is 0. The van der Waals surface area contributed by atoms with Gasteiger partial charge in [0, 0.05) is 12.1 Å². The number of esters is 1. The van der Waals surface area contributed by atoms with E-state index in [0.717, 1.165) is 0 Å². The van der Waals surface area contributed by atoms with E-state index in [1.165, 1.54) is 17.2 Å². The molecular weight excluding hydrogens is 380 g/mol. The second kappa shape index (κ2) is 7.95. The summed E-state index contributed by atoms with van der Waals surface area (Å²) in [7, 11) is 0. The number of carbonyl (C=O) groups is 2. The SMILES string of the molecule is CCOC(=O)Cn1cnc(NC(=O)c2nc(C(C)C)ncc2Br)n1. The Morgan fingerprint density at radius 1 is 1.38 bits per heavy atom. The molecule has 0 spiro atoms. The van der Waals surface area contributed by atoms with Crippen LogP contribution in [0.3, 0.4) is 0 Å². The molecule has 10 heteroatoms. The van der Waals surface area contributed by atoms with Gasteiger partial charge in [0.05, 0.1) is 11.1 Å². The van der Waals surface area contributed by atoms with Gasteiger partial charge in [0.25, 0.3) is 5.91 Å². The molecule has 1 amide bonds. The van der Waals surface area contributed by atoms with Gasteiger partial charge in [-0.15, -0.1) is 5.10 Å². The Hall–Kier alpha value is -2.36. The average Bonchev–Trinajstić information content (AvgIpc) is 2.94. The van der Waals surface area contributed by atoms with Crippen LogP contribution in [0.2, 0.25) is 0 Å². The zero-order chi connectivity index (χ0) is 17.7. The number of rotatable bonds is 6. The Morgan fingerprint density at radius 3 is 2.79 bits per heavy atom. The minimum Gasteiger partial charge on any atom is -0.465 e. The molecule has 0 saturated carbocycles. The van der Waals surface area contributed by atoms with E-state index >= 15 is 0 Å². The Bertz CT molecular complexity index is 746. The van der Waals surface area contributed by atoms with E-state index in [1.807, 2.05) is 13.8 Å². The predicted molar refractivity (Wildman–Crippen MR) is 88.4 cm³/mol. The fraction of sp³-hybridized carbons (Fsp3) is 0.429. The highest BCUT2D eigenvalue weighted by Gasteiger charge is 2.17. The molecule has 0 radical (unpaired) electrons. The molecule has 2 heterocycles. The number of ether oxygens (including phenoxy) is 1. The first-order chi connectivity index (χ1) is 11.4. The summed E-state index contributed by atoms with van der Waals surface area (Å²) in [5.74, 6) is -0.183. The molecule has 24 heavy (non-hydrogen) atoms. The van der Waals surface area contributed by atoms with Crippen LogP contribution in [-0.2, 0) is 16.1 Å². The Labute approximate surface area is 147 Å². The summed E-state index contributed by atoms with van der Waals surface area (Å²) >= 11 is 3.26. The fourth-order valence-electron chi connectivity index (χ4n) is 1.75. The van der Waals surface area contributed by atoms with E-state index in [2.05, 4.69) is 41.3 Å². The van der Waals surface area contributed by atoms with Crippen LogP contribution in [0, 0.1) is 0 Å². The quantitative estimate of drug-likeness (QED) is 0.740. The molecule has 0 aliphatic rings. The fourth-order valence-corrected chi connectivity index (χ4v) is 2.12. The highest BCUT2D eigenvalue weighted by atomic mass is 79.9. The van der Waals surface area contributed by atoms with Crippen molar-refractivity contribution in [3.8, 4) is 0 Å². The van der Waals surface area contributed by atoms with Crippen LogP contribution >= 0.6 is 15.9 Å². The number of anilines is 1. The smallest absolute Gasteiger partial charge is 0.327 e. The van der Waals surface area contributed by atoms with Crippen molar-refractivity contribution >= 4 is 33.8 Å². The molecule has 0 aliphatic heterocycles. The minimum absolute atomic E-state index is 0.0703. The summed E-state index contributed by atoms with van der Waals surface area (Å²) in [4.78, 5) is 36.1. The second-order valence-corrected chi connectivity index (χ2v) is 5.96. The van der Waals surface area contributed by atoms with Crippen LogP contribution in [0.5, 0.6) is 0 Å². The number of nitrogens with zero attached hydrogens (tertiary/aromatic N) is 5. The summed E-state index contributed by atoms with van der Waals surface area (Å²) in [5, 5.41) is 6.54. The third kappa shape index (κ3) is 4.57.